The van der Waals surface area contributed by atoms with Crippen molar-refractivity contribution in [3.05, 3.63) is 24.2 Å². The molecule has 0 aliphatic carbocycles. The summed E-state index contributed by atoms with van der Waals surface area (Å²) in [6, 6.07) is 2.94. The molecular weight excluding hydrogens is 213 g/mol. The van der Waals surface area contributed by atoms with Crippen LogP contribution in [0.15, 0.2) is 22.8 Å². The molecule has 84 valence electrons. The highest BCUT2D eigenvalue weighted by Gasteiger charge is 2.26. The molecule has 6 heteroatoms. The van der Waals surface area contributed by atoms with Gasteiger partial charge >= 0.3 is 6.18 Å². The summed E-state index contributed by atoms with van der Waals surface area (Å²) < 4.78 is 44.3. The number of Topliss-reactive ketones (excluding diaryl/α,β-unsaturated/α-hetero) is 1. The second kappa shape index (κ2) is 4.97. The van der Waals surface area contributed by atoms with E-state index in [0.29, 0.717) is 0 Å². The molecule has 15 heavy (non-hydrogen) atoms. The summed E-state index contributed by atoms with van der Waals surface area (Å²) in [5, 5.41) is 0. The van der Waals surface area contributed by atoms with Gasteiger partial charge in [0.1, 0.15) is 6.61 Å². The van der Waals surface area contributed by atoms with Crippen molar-refractivity contribution in [2.45, 2.75) is 12.6 Å². The van der Waals surface area contributed by atoms with Gasteiger partial charge in [0.15, 0.2) is 5.76 Å². The van der Waals surface area contributed by atoms with Gasteiger partial charge in [-0.2, -0.15) is 13.2 Å². The average molecular weight is 222 g/mol. The minimum absolute atomic E-state index is 0.0852. The van der Waals surface area contributed by atoms with Gasteiger partial charge in [-0.1, -0.05) is 0 Å². The van der Waals surface area contributed by atoms with Crippen molar-refractivity contribution in [3.63, 3.8) is 0 Å². The smallest absolute Gasteiger partial charge is 0.391 e. The zero-order chi connectivity index (χ0) is 11.3. The first-order valence-corrected chi connectivity index (χ1v) is 4.20. The fourth-order valence-electron chi connectivity index (χ4n) is 0.861. The first kappa shape index (κ1) is 11.8. The van der Waals surface area contributed by atoms with Crippen molar-refractivity contribution in [3.8, 4) is 0 Å². The van der Waals surface area contributed by atoms with E-state index in [2.05, 4.69) is 4.74 Å². The molecular formula is C9H9F3O3. The molecule has 1 aromatic rings. The lowest BCUT2D eigenvalue weighted by atomic mass is 10.3. The summed E-state index contributed by atoms with van der Waals surface area (Å²) in [6.45, 7) is -0.917. The number of ether oxygens (including phenoxy) is 1. The topological polar surface area (TPSA) is 39.4 Å². The Hall–Kier alpha value is -1.30. The maximum atomic E-state index is 11.7. The normalized spacial score (nSPS) is 11.7. The van der Waals surface area contributed by atoms with Gasteiger partial charge < -0.3 is 9.15 Å². The Balaban J connectivity index is 2.19. The van der Waals surface area contributed by atoms with Gasteiger partial charge in [-0.15, -0.1) is 0 Å². The highest BCUT2D eigenvalue weighted by atomic mass is 19.4. The minimum Gasteiger partial charge on any atom is -0.461 e. The predicted octanol–water partition coefficient (Wildman–Crippen LogP) is 2.43. The summed E-state index contributed by atoms with van der Waals surface area (Å²) >= 11 is 0. The van der Waals surface area contributed by atoms with Crippen molar-refractivity contribution in [2.75, 3.05) is 13.2 Å². The van der Waals surface area contributed by atoms with Crippen LogP contribution in [0.5, 0.6) is 0 Å². The lowest BCUT2D eigenvalue weighted by molar-refractivity contribution is -0.144. The van der Waals surface area contributed by atoms with E-state index in [-0.39, 0.29) is 5.76 Å². The van der Waals surface area contributed by atoms with Gasteiger partial charge in [-0.3, -0.25) is 4.79 Å². The third-order valence-corrected chi connectivity index (χ3v) is 1.56. The van der Waals surface area contributed by atoms with Crippen LogP contribution in [0.1, 0.15) is 17.0 Å². The average Bonchev–Trinajstić information content (AvgIpc) is 2.63. The van der Waals surface area contributed by atoms with Gasteiger partial charge in [0.2, 0.25) is 5.78 Å². The van der Waals surface area contributed by atoms with Crippen LogP contribution in [-0.4, -0.2) is 25.2 Å². The number of ketones is 1. The van der Waals surface area contributed by atoms with E-state index in [1.54, 1.807) is 0 Å². The number of carbonyl (C=O) groups excluding carboxylic acids is 1. The quantitative estimate of drug-likeness (QED) is 0.567. The number of rotatable bonds is 5. The number of alkyl halides is 3. The molecule has 0 saturated heterocycles. The Kier molecular flexibility index (Phi) is 3.90. The number of halogens is 3. The Labute approximate surface area is 83.8 Å². The van der Waals surface area contributed by atoms with Crippen molar-refractivity contribution in [2.24, 2.45) is 0 Å². The van der Waals surface area contributed by atoms with Crippen molar-refractivity contribution < 1.29 is 27.1 Å². The fraction of sp³-hybridized carbons (Fsp3) is 0.444. The molecule has 0 saturated carbocycles. The van der Waals surface area contributed by atoms with Gasteiger partial charge in [-0.25, -0.2) is 0 Å². The molecule has 0 bridgehead atoms. The van der Waals surface area contributed by atoms with Crippen molar-refractivity contribution in [1.82, 2.24) is 0 Å². The second-order valence-electron chi connectivity index (χ2n) is 2.82. The van der Waals surface area contributed by atoms with E-state index in [1.807, 2.05) is 0 Å². The standard InChI is InChI=1S/C9H9F3O3/c10-9(11,12)3-5-14-6-7(13)8-2-1-4-15-8/h1-2,4H,3,5-6H2. The number of hydrogen-bond acceptors (Lipinski definition) is 3. The first-order chi connectivity index (χ1) is 6.99. The summed E-state index contributed by atoms with van der Waals surface area (Å²) in [5.74, 6) is -0.385. The molecule has 3 nitrogen and oxygen atoms in total. The molecule has 1 rings (SSSR count). The molecule has 0 unspecified atom stereocenters. The summed E-state index contributed by atoms with van der Waals surface area (Å²) in [6.07, 6.45) is -4.00. The van der Waals surface area contributed by atoms with Crippen LogP contribution in [0.2, 0.25) is 0 Å². The molecule has 0 N–H and O–H groups in total. The molecule has 0 aliphatic heterocycles. The molecule has 0 amide bonds. The van der Waals surface area contributed by atoms with Crippen LogP contribution in [0, 0.1) is 0 Å². The van der Waals surface area contributed by atoms with E-state index < -0.39 is 31.6 Å². The Bertz CT molecular complexity index is 303. The molecule has 0 radical (unpaired) electrons. The van der Waals surface area contributed by atoms with Gasteiger partial charge in [0.25, 0.3) is 0 Å². The van der Waals surface area contributed by atoms with Crippen LogP contribution < -0.4 is 0 Å². The molecule has 0 spiro atoms. The van der Waals surface area contributed by atoms with E-state index in [1.165, 1.54) is 18.4 Å². The van der Waals surface area contributed by atoms with Crippen LogP contribution >= 0.6 is 0 Å². The molecule has 1 aromatic heterocycles. The van der Waals surface area contributed by atoms with Crippen LogP contribution in [0.4, 0.5) is 13.2 Å². The second-order valence-corrected chi connectivity index (χ2v) is 2.82. The van der Waals surface area contributed by atoms with Crippen molar-refractivity contribution in [1.29, 1.82) is 0 Å². The molecule has 0 aliphatic rings. The summed E-state index contributed by atoms with van der Waals surface area (Å²) in [7, 11) is 0. The van der Waals surface area contributed by atoms with E-state index >= 15 is 0 Å². The fourth-order valence-corrected chi connectivity index (χ4v) is 0.861. The monoisotopic (exact) mass is 222 g/mol. The van der Waals surface area contributed by atoms with Crippen LogP contribution in [0.3, 0.4) is 0 Å². The maximum absolute atomic E-state index is 11.7. The zero-order valence-electron chi connectivity index (χ0n) is 7.71. The highest BCUT2D eigenvalue weighted by Crippen LogP contribution is 2.18. The summed E-state index contributed by atoms with van der Waals surface area (Å²) in [4.78, 5) is 11.1. The highest BCUT2D eigenvalue weighted by molar-refractivity contribution is 5.94. The summed E-state index contributed by atoms with van der Waals surface area (Å²) in [5.41, 5.74) is 0. The molecule has 0 aromatic carbocycles. The Morgan fingerprint density at radius 1 is 1.47 bits per heavy atom. The maximum Gasteiger partial charge on any atom is 0.391 e. The van der Waals surface area contributed by atoms with Gasteiger partial charge in [-0.05, 0) is 12.1 Å². The molecule has 0 fully saturated rings. The van der Waals surface area contributed by atoms with Crippen molar-refractivity contribution >= 4 is 5.78 Å². The van der Waals surface area contributed by atoms with E-state index in [9.17, 15) is 18.0 Å². The Morgan fingerprint density at radius 3 is 2.73 bits per heavy atom. The number of hydrogen-bond donors (Lipinski definition) is 0. The first-order valence-electron chi connectivity index (χ1n) is 4.20. The third-order valence-electron chi connectivity index (χ3n) is 1.56. The van der Waals surface area contributed by atoms with Gasteiger partial charge in [0.05, 0.1) is 19.3 Å². The van der Waals surface area contributed by atoms with E-state index in [0.717, 1.165) is 0 Å². The minimum atomic E-state index is -4.26. The largest absolute Gasteiger partial charge is 0.461 e. The van der Waals surface area contributed by atoms with Gasteiger partial charge in [0, 0.05) is 0 Å². The lowest BCUT2D eigenvalue weighted by Crippen LogP contribution is -2.15. The van der Waals surface area contributed by atoms with Crippen LogP contribution in [0.25, 0.3) is 0 Å². The zero-order valence-corrected chi connectivity index (χ0v) is 7.71. The number of carbonyl (C=O) groups is 1. The SMILES string of the molecule is O=C(COCCC(F)(F)F)c1ccco1. The Morgan fingerprint density at radius 2 is 2.20 bits per heavy atom. The number of furan rings is 1. The van der Waals surface area contributed by atoms with E-state index in [4.69, 9.17) is 4.42 Å². The predicted molar refractivity (Wildman–Crippen MR) is 44.5 cm³/mol. The third kappa shape index (κ3) is 4.64. The van der Waals surface area contributed by atoms with Crippen LogP contribution in [-0.2, 0) is 4.74 Å². The molecule has 1 heterocycles. The lowest BCUT2D eigenvalue weighted by Gasteiger charge is -2.05. The molecule has 0 atom stereocenters.